The lowest BCUT2D eigenvalue weighted by molar-refractivity contribution is -0.316. The van der Waals surface area contributed by atoms with Crippen molar-refractivity contribution in [2.45, 2.75) is 6.92 Å². The van der Waals surface area contributed by atoms with E-state index in [9.17, 15) is 0 Å². The highest BCUT2D eigenvalue weighted by molar-refractivity contribution is 6.33. The molecule has 2 aromatic rings. The molecule has 0 aliphatic rings. The smallest absolute Gasteiger partial charge is 0.269 e. The van der Waals surface area contributed by atoms with Crippen LogP contribution in [0, 0.1) is 0 Å². The highest BCUT2D eigenvalue weighted by atomic mass is 35.5. The van der Waals surface area contributed by atoms with E-state index in [1.54, 1.807) is 19.1 Å². The fourth-order valence-corrected chi connectivity index (χ4v) is 1.90. The summed E-state index contributed by atoms with van der Waals surface area (Å²) in [5.41, 5.74) is 13.6. The Balaban J connectivity index is 2.51. The molecule has 0 aliphatic carbocycles. The Morgan fingerprint density at radius 3 is 2.35 bits per heavy atom. The number of halogens is 1. The summed E-state index contributed by atoms with van der Waals surface area (Å²) in [6, 6.07) is 14.7. The van der Waals surface area contributed by atoms with Gasteiger partial charge in [0.25, 0.3) is 5.84 Å². The van der Waals surface area contributed by atoms with Crippen molar-refractivity contribution in [1.29, 1.82) is 0 Å². The summed E-state index contributed by atoms with van der Waals surface area (Å²) in [5.74, 6) is 1.14. The highest BCUT2D eigenvalue weighted by Crippen LogP contribution is 2.18. The summed E-state index contributed by atoms with van der Waals surface area (Å²) in [5, 5.41) is 0.607. The van der Waals surface area contributed by atoms with E-state index >= 15 is 0 Å². The van der Waals surface area contributed by atoms with Crippen LogP contribution in [0.1, 0.15) is 12.5 Å². The van der Waals surface area contributed by atoms with Crippen molar-refractivity contribution in [2.75, 3.05) is 5.73 Å². The molecule has 0 amide bonds. The average Bonchev–Trinajstić information content (AvgIpc) is 2.41. The Hall–Kier alpha value is -2.33. The first-order chi connectivity index (χ1) is 9.56. The van der Waals surface area contributed by atoms with Gasteiger partial charge in [0, 0.05) is 12.6 Å². The second-order valence-electron chi connectivity index (χ2n) is 4.34. The summed E-state index contributed by atoms with van der Waals surface area (Å²) >= 11 is 6.20. The predicted octanol–water partition coefficient (Wildman–Crippen LogP) is 1.46. The normalized spacial score (nSPS) is 12.5. The maximum Gasteiger partial charge on any atom is 0.269 e. The number of nitrogens with zero attached hydrogens (tertiary/aromatic N) is 1. The minimum Gasteiger partial charge on any atom is -0.399 e. The minimum atomic E-state index is 0.541. The molecule has 0 atom stereocenters. The molecule has 0 spiro atoms. The van der Waals surface area contributed by atoms with Crippen molar-refractivity contribution < 1.29 is 4.99 Å². The maximum absolute atomic E-state index is 6.20. The largest absolute Gasteiger partial charge is 0.399 e. The first-order valence-corrected chi connectivity index (χ1v) is 6.49. The molecule has 0 radical (unpaired) electrons. The van der Waals surface area contributed by atoms with Crippen LogP contribution in [0.25, 0.3) is 0 Å². The average molecular weight is 288 g/mol. The van der Waals surface area contributed by atoms with Crippen molar-refractivity contribution in [1.82, 2.24) is 0 Å². The number of aliphatic imine (C=N–C) groups is 1. The van der Waals surface area contributed by atoms with Crippen molar-refractivity contribution in [3.05, 3.63) is 59.1 Å². The number of hydrogen-bond donors (Lipinski definition) is 3. The van der Waals surface area contributed by atoms with Crippen LogP contribution in [-0.4, -0.2) is 11.7 Å². The molecule has 0 unspecified atom stereocenters. The zero-order valence-corrected chi connectivity index (χ0v) is 11.9. The van der Waals surface area contributed by atoms with Crippen LogP contribution in [0.5, 0.6) is 0 Å². The first kappa shape index (κ1) is 14.1. The molecule has 5 heteroatoms. The molecular weight excluding hydrogens is 272 g/mol. The molecule has 20 heavy (non-hydrogen) atoms. The molecule has 0 bridgehead atoms. The van der Waals surface area contributed by atoms with Gasteiger partial charge in [0.1, 0.15) is 5.69 Å². The summed E-state index contributed by atoms with van der Waals surface area (Å²) in [6.45, 7) is 1.76. The highest BCUT2D eigenvalue weighted by Gasteiger charge is 2.12. The molecule has 0 fully saturated rings. The topological polar surface area (TPSA) is 78.4 Å². The van der Waals surface area contributed by atoms with E-state index < -0.39 is 0 Å². The zero-order valence-electron chi connectivity index (χ0n) is 11.1. The second-order valence-corrected chi connectivity index (χ2v) is 4.75. The lowest BCUT2D eigenvalue weighted by Gasteiger charge is -2.01. The van der Waals surface area contributed by atoms with E-state index in [1.807, 2.05) is 36.4 Å². The van der Waals surface area contributed by atoms with E-state index in [0.29, 0.717) is 22.4 Å². The van der Waals surface area contributed by atoms with E-state index in [4.69, 9.17) is 23.1 Å². The Bertz CT molecular complexity index is 656. The van der Waals surface area contributed by atoms with Crippen molar-refractivity contribution in [3.8, 4) is 0 Å². The van der Waals surface area contributed by atoms with E-state index in [1.165, 1.54) is 0 Å². The Kier molecular flexibility index (Phi) is 4.38. The molecule has 5 N–H and O–H groups in total. The van der Waals surface area contributed by atoms with Crippen molar-refractivity contribution in [3.63, 3.8) is 0 Å². The molecule has 0 aliphatic heterocycles. The van der Waals surface area contributed by atoms with Crippen LogP contribution >= 0.6 is 11.6 Å². The van der Waals surface area contributed by atoms with Gasteiger partial charge in [-0.3, -0.25) is 0 Å². The molecule has 0 saturated heterocycles. The lowest BCUT2D eigenvalue weighted by atomic mass is 10.2. The van der Waals surface area contributed by atoms with Gasteiger partial charge in [0.05, 0.1) is 10.6 Å². The number of nitrogens with two attached hydrogens (primary N) is 2. The van der Waals surface area contributed by atoms with E-state index in [-0.39, 0.29) is 0 Å². The zero-order chi connectivity index (χ0) is 14.5. The van der Waals surface area contributed by atoms with Crippen LogP contribution in [-0.2, 0) is 0 Å². The minimum absolute atomic E-state index is 0.541. The van der Waals surface area contributed by atoms with Gasteiger partial charge in [-0.15, -0.1) is 4.99 Å². The van der Waals surface area contributed by atoms with E-state index in [2.05, 4.69) is 9.98 Å². The Morgan fingerprint density at radius 1 is 1.10 bits per heavy atom. The van der Waals surface area contributed by atoms with Gasteiger partial charge in [0.15, 0.2) is 5.84 Å². The summed E-state index contributed by atoms with van der Waals surface area (Å²) < 4.78 is 0. The van der Waals surface area contributed by atoms with Gasteiger partial charge >= 0.3 is 0 Å². The monoisotopic (exact) mass is 287 g/mol. The second kappa shape index (κ2) is 6.21. The third kappa shape index (κ3) is 3.59. The molecule has 0 heterocycles. The molecule has 0 saturated carbocycles. The number of nitrogens with one attached hydrogen (secondary N) is 1. The maximum atomic E-state index is 6.20. The molecule has 0 aromatic heterocycles. The molecule has 2 rings (SSSR count). The number of hydrogen-bond acceptors (Lipinski definition) is 2. The number of amidine groups is 2. The van der Waals surface area contributed by atoms with Gasteiger partial charge in [0.2, 0.25) is 0 Å². The fourth-order valence-electron chi connectivity index (χ4n) is 1.67. The quantitative estimate of drug-likeness (QED) is 0.444. The molecular formula is C15H16ClN4+. The van der Waals surface area contributed by atoms with E-state index in [0.717, 1.165) is 11.3 Å². The summed E-state index contributed by atoms with van der Waals surface area (Å²) in [6.07, 6.45) is 0. The fraction of sp³-hybridized carbons (Fsp3) is 0.0667. The first-order valence-electron chi connectivity index (χ1n) is 6.11. The SMILES string of the molecule is CC(N)=[NH+]C(=Nc1ccc(N)cc1)c1ccccc1Cl. The number of nitrogen functional groups attached to an aromatic ring is 1. The van der Waals surface area contributed by atoms with Crippen LogP contribution in [0.2, 0.25) is 5.02 Å². The van der Waals surface area contributed by atoms with Crippen LogP contribution in [0.4, 0.5) is 11.4 Å². The van der Waals surface area contributed by atoms with Gasteiger partial charge < -0.3 is 11.5 Å². The van der Waals surface area contributed by atoms with Gasteiger partial charge in [-0.2, -0.15) is 0 Å². The number of rotatable bonds is 2. The van der Waals surface area contributed by atoms with Gasteiger partial charge in [-0.1, -0.05) is 23.7 Å². The molecule has 102 valence electrons. The third-order valence-electron chi connectivity index (χ3n) is 2.58. The summed E-state index contributed by atoms with van der Waals surface area (Å²) in [4.78, 5) is 7.56. The lowest BCUT2D eigenvalue weighted by Crippen LogP contribution is -2.79. The Labute approximate surface area is 122 Å². The van der Waals surface area contributed by atoms with Crippen molar-refractivity contribution >= 4 is 34.6 Å². The van der Waals surface area contributed by atoms with Crippen molar-refractivity contribution in [2.24, 2.45) is 10.7 Å². The molecule has 2 aromatic carbocycles. The standard InChI is InChI=1S/C15H15ClN4/c1-10(17)19-15(13-4-2-3-5-14(13)16)20-12-8-6-11(18)7-9-12/h2-9H,18H2,1H3,(H2,17,19,20)/p+1. The van der Waals surface area contributed by atoms with Gasteiger partial charge in [-0.05, 0) is 36.4 Å². The summed E-state index contributed by atoms with van der Waals surface area (Å²) in [7, 11) is 0. The van der Waals surface area contributed by atoms with Crippen LogP contribution in [0.15, 0.2) is 53.5 Å². The predicted molar refractivity (Wildman–Crippen MR) is 84.3 cm³/mol. The van der Waals surface area contributed by atoms with Crippen LogP contribution < -0.4 is 16.5 Å². The molecule has 4 nitrogen and oxygen atoms in total. The van der Waals surface area contributed by atoms with Crippen LogP contribution in [0.3, 0.4) is 0 Å². The third-order valence-corrected chi connectivity index (χ3v) is 2.91. The number of benzene rings is 2. The Morgan fingerprint density at radius 2 is 1.75 bits per heavy atom. The van der Waals surface area contributed by atoms with Gasteiger partial charge in [-0.25, -0.2) is 4.99 Å². The number of anilines is 1.